The first-order chi connectivity index (χ1) is 6.29. The minimum absolute atomic E-state index is 0.142. The van der Waals surface area contributed by atoms with Gasteiger partial charge in [0.05, 0.1) is 0 Å². The van der Waals surface area contributed by atoms with Crippen molar-refractivity contribution >= 4 is 11.8 Å². The van der Waals surface area contributed by atoms with Gasteiger partial charge in [-0.1, -0.05) is 0 Å². The first kappa shape index (κ1) is 9.03. The summed E-state index contributed by atoms with van der Waals surface area (Å²) in [6, 6.07) is 5.01. The van der Waals surface area contributed by atoms with Gasteiger partial charge in [-0.15, -0.1) is 11.8 Å². The van der Waals surface area contributed by atoms with Crippen molar-refractivity contribution in [2.24, 2.45) is 11.7 Å². The maximum Gasteiger partial charge on any atom is 0.123 e. The molecular formula is C10H12FNS. The summed E-state index contributed by atoms with van der Waals surface area (Å²) in [5.41, 5.74) is 6.71. The van der Waals surface area contributed by atoms with Crippen LogP contribution >= 0.6 is 11.8 Å². The molecular weight excluding hydrogens is 185 g/mol. The van der Waals surface area contributed by atoms with Crippen LogP contribution in [0.1, 0.15) is 5.56 Å². The Kier molecular flexibility index (Phi) is 2.56. The van der Waals surface area contributed by atoms with Crippen LogP contribution in [0.2, 0.25) is 0 Å². The van der Waals surface area contributed by atoms with Gasteiger partial charge in [0, 0.05) is 10.6 Å². The molecule has 1 nitrogen and oxygen atoms in total. The Balaban J connectivity index is 2.27. The number of nitrogens with two attached hydrogens (primary N) is 1. The standard InChI is InChI=1S/C10H12FNS/c11-9-1-2-10-8(4-9)3-7(5-12)6-13-10/h1-2,4,7H,3,5-6,12H2. The fourth-order valence-corrected chi connectivity index (χ4v) is 2.74. The van der Waals surface area contributed by atoms with E-state index in [2.05, 4.69) is 0 Å². The van der Waals surface area contributed by atoms with Gasteiger partial charge >= 0.3 is 0 Å². The van der Waals surface area contributed by atoms with Gasteiger partial charge in [0.1, 0.15) is 5.82 Å². The van der Waals surface area contributed by atoms with E-state index >= 15 is 0 Å². The largest absolute Gasteiger partial charge is 0.330 e. The topological polar surface area (TPSA) is 26.0 Å². The molecule has 0 saturated heterocycles. The number of fused-ring (bicyclic) bond motifs is 1. The summed E-state index contributed by atoms with van der Waals surface area (Å²) in [4.78, 5) is 1.21. The van der Waals surface area contributed by atoms with Crippen LogP contribution in [0.15, 0.2) is 23.1 Å². The molecule has 1 heterocycles. The summed E-state index contributed by atoms with van der Waals surface area (Å²) in [5, 5.41) is 0. The molecule has 13 heavy (non-hydrogen) atoms. The van der Waals surface area contributed by atoms with Crippen LogP contribution < -0.4 is 5.73 Å². The minimum atomic E-state index is -0.142. The fraction of sp³-hybridized carbons (Fsp3) is 0.400. The van der Waals surface area contributed by atoms with Crippen molar-refractivity contribution < 1.29 is 4.39 Å². The van der Waals surface area contributed by atoms with E-state index in [1.807, 2.05) is 6.07 Å². The Bertz CT molecular complexity index is 314. The molecule has 1 unspecified atom stereocenters. The van der Waals surface area contributed by atoms with Crippen molar-refractivity contribution in [3.8, 4) is 0 Å². The number of thioether (sulfide) groups is 1. The molecule has 2 N–H and O–H groups in total. The molecule has 0 aromatic heterocycles. The van der Waals surface area contributed by atoms with Gasteiger partial charge < -0.3 is 5.73 Å². The average molecular weight is 197 g/mol. The van der Waals surface area contributed by atoms with E-state index in [1.165, 1.54) is 11.0 Å². The van der Waals surface area contributed by atoms with Gasteiger partial charge in [0.25, 0.3) is 0 Å². The molecule has 0 fully saturated rings. The average Bonchev–Trinajstić information content (AvgIpc) is 2.16. The van der Waals surface area contributed by atoms with E-state index < -0.39 is 0 Å². The Morgan fingerprint density at radius 1 is 1.54 bits per heavy atom. The molecule has 1 aromatic rings. The highest BCUT2D eigenvalue weighted by Crippen LogP contribution is 2.32. The summed E-state index contributed by atoms with van der Waals surface area (Å²) in [5.74, 6) is 1.44. The summed E-state index contributed by atoms with van der Waals surface area (Å²) < 4.78 is 12.9. The monoisotopic (exact) mass is 197 g/mol. The normalized spacial score (nSPS) is 21.2. The molecule has 0 spiro atoms. The second kappa shape index (κ2) is 3.68. The first-order valence-electron chi connectivity index (χ1n) is 4.41. The zero-order valence-corrected chi connectivity index (χ0v) is 8.11. The molecule has 1 atom stereocenters. The van der Waals surface area contributed by atoms with Crippen LogP contribution in [0.3, 0.4) is 0 Å². The van der Waals surface area contributed by atoms with Crippen LogP contribution in [0.5, 0.6) is 0 Å². The quantitative estimate of drug-likeness (QED) is 0.745. The SMILES string of the molecule is NCC1CSc2ccc(F)cc2C1. The Morgan fingerprint density at radius 2 is 2.38 bits per heavy atom. The number of rotatable bonds is 1. The van der Waals surface area contributed by atoms with Crippen molar-refractivity contribution in [3.63, 3.8) is 0 Å². The predicted octanol–water partition coefficient (Wildman–Crippen LogP) is 2.05. The van der Waals surface area contributed by atoms with Crippen molar-refractivity contribution in [2.75, 3.05) is 12.3 Å². The molecule has 0 amide bonds. The smallest absolute Gasteiger partial charge is 0.123 e. The molecule has 3 heteroatoms. The van der Waals surface area contributed by atoms with Crippen LogP contribution in [0, 0.1) is 11.7 Å². The lowest BCUT2D eigenvalue weighted by molar-refractivity contribution is 0.577. The molecule has 1 aliphatic heterocycles. The Morgan fingerprint density at radius 3 is 3.15 bits per heavy atom. The van der Waals surface area contributed by atoms with Gasteiger partial charge in [-0.3, -0.25) is 0 Å². The Labute approximate surface area is 81.5 Å². The molecule has 1 aromatic carbocycles. The molecule has 0 saturated carbocycles. The van der Waals surface area contributed by atoms with E-state index in [1.54, 1.807) is 17.8 Å². The minimum Gasteiger partial charge on any atom is -0.330 e. The number of benzene rings is 1. The van der Waals surface area contributed by atoms with E-state index in [9.17, 15) is 4.39 Å². The van der Waals surface area contributed by atoms with Gasteiger partial charge in [0.2, 0.25) is 0 Å². The van der Waals surface area contributed by atoms with Gasteiger partial charge in [-0.2, -0.15) is 0 Å². The maximum absolute atomic E-state index is 12.9. The summed E-state index contributed by atoms with van der Waals surface area (Å²) in [6.07, 6.45) is 0.927. The van der Waals surface area contributed by atoms with E-state index in [4.69, 9.17) is 5.73 Å². The molecule has 0 aliphatic carbocycles. The van der Waals surface area contributed by atoms with Crippen LogP contribution in [-0.2, 0) is 6.42 Å². The first-order valence-corrected chi connectivity index (χ1v) is 5.39. The summed E-state index contributed by atoms with van der Waals surface area (Å²) in [7, 11) is 0. The van der Waals surface area contributed by atoms with Crippen LogP contribution in [0.25, 0.3) is 0 Å². The molecule has 2 rings (SSSR count). The third kappa shape index (κ3) is 1.86. The lowest BCUT2D eigenvalue weighted by Crippen LogP contribution is -2.22. The second-order valence-electron chi connectivity index (χ2n) is 3.37. The summed E-state index contributed by atoms with van der Waals surface area (Å²) in [6.45, 7) is 0.697. The lowest BCUT2D eigenvalue weighted by Gasteiger charge is -2.22. The number of hydrogen-bond acceptors (Lipinski definition) is 2. The number of hydrogen-bond donors (Lipinski definition) is 1. The zero-order chi connectivity index (χ0) is 9.26. The maximum atomic E-state index is 12.9. The van der Waals surface area contributed by atoms with Crippen molar-refractivity contribution in [3.05, 3.63) is 29.6 Å². The van der Waals surface area contributed by atoms with E-state index in [0.29, 0.717) is 12.5 Å². The van der Waals surface area contributed by atoms with Crippen molar-refractivity contribution in [1.82, 2.24) is 0 Å². The molecule has 70 valence electrons. The van der Waals surface area contributed by atoms with Gasteiger partial charge in [-0.25, -0.2) is 4.39 Å². The van der Waals surface area contributed by atoms with Crippen molar-refractivity contribution in [1.29, 1.82) is 0 Å². The summed E-state index contributed by atoms with van der Waals surface area (Å²) >= 11 is 1.78. The van der Waals surface area contributed by atoms with E-state index in [-0.39, 0.29) is 5.82 Å². The highest BCUT2D eigenvalue weighted by molar-refractivity contribution is 7.99. The second-order valence-corrected chi connectivity index (χ2v) is 4.43. The van der Waals surface area contributed by atoms with Crippen LogP contribution in [-0.4, -0.2) is 12.3 Å². The molecule has 1 aliphatic rings. The molecule has 0 bridgehead atoms. The third-order valence-corrected chi connectivity index (χ3v) is 3.69. The molecule has 0 radical (unpaired) electrons. The zero-order valence-electron chi connectivity index (χ0n) is 7.29. The fourth-order valence-electron chi connectivity index (χ4n) is 1.58. The van der Waals surface area contributed by atoms with E-state index in [0.717, 1.165) is 17.7 Å². The highest BCUT2D eigenvalue weighted by Gasteiger charge is 2.17. The predicted molar refractivity (Wildman–Crippen MR) is 53.4 cm³/mol. The lowest BCUT2D eigenvalue weighted by atomic mass is 10.0. The third-order valence-electron chi connectivity index (χ3n) is 2.34. The highest BCUT2D eigenvalue weighted by atomic mass is 32.2. The van der Waals surface area contributed by atoms with Crippen LogP contribution in [0.4, 0.5) is 4.39 Å². The Hall–Kier alpha value is -0.540. The van der Waals surface area contributed by atoms with Crippen molar-refractivity contribution in [2.45, 2.75) is 11.3 Å². The number of halogens is 1. The van der Waals surface area contributed by atoms with Gasteiger partial charge in [-0.05, 0) is 42.6 Å². The van der Waals surface area contributed by atoms with Gasteiger partial charge in [0.15, 0.2) is 0 Å².